The molecule has 2 N–H and O–H groups in total. The van der Waals surface area contributed by atoms with Crippen LogP contribution in [0.4, 0.5) is 5.69 Å². The van der Waals surface area contributed by atoms with E-state index in [0.717, 1.165) is 75.4 Å². The number of hydrogen-bond acceptors (Lipinski definition) is 6. The minimum absolute atomic E-state index is 0.0389. The molecule has 2 aliphatic heterocycles. The van der Waals surface area contributed by atoms with Crippen molar-refractivity contribution in [1.29, 1.82) is 0 Å². The molecule has 34 heavy (non-hydrogen) atoms. The molecule has 0 spiro atoms. The molecule has 0 radical (unpaired) electrons. The third kappa shape index (κ3) is 4.82. The minimum atomic E-state index is -0.159. The molecule has 1 aromatic carbocycles. The number of benzene rings is 1. The summed E-state index contributed by atoms with van der Waals surface area (Å²) < 4.78 is 0. The number of carbonyl (C=O) groups excluding carboxylic acids is 1. The van der Waals surface area contributed by atoms with E-state index in [2.05, 4.69) is 25.1 Å². The van der Waals surface area contributed by atoms with E-state index in [-0.39, 0.29) is 17.4 Å². The summed E-state index contributed by atoms with van der Waals surface area (Å²) >= 11 is 0. The lowest BCUT2D eigenvalue weighted by molar-refractivity contribution is 0.0958. The van der Waals surface area contributed by atoms with Gasteiger partial charge in [0.2, 0.25) is 0 Å². The molecular formula is C26H32N6O2. The predicted octanol–water partition coefficient (Wildman–Crippen LogP) is 2.77. The van der Waals surface area contributed by atoms with Crippen molar-refractivity contribution in [2.45, 2.75) is 31.6 Å². The number of amides is 1. The van der Waals surface area contributed by atoms with Crippen LogP contribution in [0.5, 0.6) is 0 Å². The standard InChI is InChI=1S/C26H32N6O2/c1-27-26(34)23-9-8-20(15-28-23)32-13-10-18(11-14-32)16-31-12-4-5-19(17-31)24-29-22-7-3-2-6-21(22)25(33)30-24/h2-3,6-9,15,18-19H,4-5,10-14,16-17H2,1H3,(H,27,34)(H,29,30,33). The van der Waals surface area contributed by atoms with Crippen LogP contribution in [0.2, 0.25) is 0 Å². The van der Waals surface area contributed by atoms with E-state index < -0.39 is 0 Å². The number of aromatic nitrogens is 3. The lowest BCUT2D eigenvalue weighted by Gasteiger charge is -2.38. The van der Waals surface area contributed by atoms with E-state index >= 15 is 0 Å². The Kier molecular flexibility index (Phi) is 6.58. The van der Waals surface area contributed by atoms with Gasteiger partial charge in [0.1, 0.15) is 11.5 Å². The van der Waals surface area contributed by atoms with E-state index in [4.69, 9.17) is 4.98 Å². The van der Waals surface area contributed by atoms with E-state index in [1.54, 1.807) is 19.3 Å². The van der Waals surface area contributed by atoms with Crippen LogP contribution in [-0.2, 0) is 0 Å². The fourth-order valence-electron chi connectivity index (χ4n) is 5.32. The lowest BCUT2D eigenvalue weighted by atomic mass is 9.92. The average molecular weight is 461 g/mol. The van der Waals surface area contributed by atoms with Gasteiger partial charge in [0.15, 0.2) is 0 Å². The van der Waals surface area contributed by atoms with Crippen LogP contribution in [0.3, 0.4) is 0 Å². The quantitative estimate of drug-likeness (QED) is 0.608. The van der Waals surface area contributed by atoms with Gasteiger partial charge in [-0.1, -0.05) is 12.1 Å². The highest BCUT2D eigenvalue weighted by Crippen LogP contribution is 2.28. The zero-order valence-electron chi connectivity index (χ0n) is 19.7. The van der Waals surface area contributed by atoms with Crippen molar-refractivity contribution < 1.29 is 4.79 Å². The molecule has 178 valence electrons. The summed E-state index contributed by atoms with van der Waals surface area (Å²) in [6.45, 7) is 5.16. The van der Waals surface area contributed by atoms with Gasteiger partial charge in [-0.3, -0.25) is 9.59 Å². The molecule has 8 heteroatoms. The molecule has 0 saturated carbocycles. The summed E-state index contributed by atoms with van der Waals surface area (Å²) in [5.74, 6) is 1.61. The zero-order valence-corrected chi connectivity index (χ0v) is 19.7. The van der Waals surface area contributed by atoms with Gasteiger partial charge in [0, 0.05) is 39.1 Å². The lowest BCUT2D eigenvalue weighted by Crippen LogP contribution is -2.42. The van der Waals surface area contributed by atoms with Gasteiger partial charge in [-0.15, -0.1) is 0 Å². The number of hydrogen-bond donors (Lipinski definition) is 2. The number of likely N-dealkylation sites (tertiary alicyclic amines) is 1. The summed E-state index contributed by atoms with van der Waals surface area (Å²) in [7, 11) is 1.62. The second kappa shape index (κ2) is 9.93. The molecule has 4 heterocycles. The average Bonchev–Trinajstić information content (AvgIpc) is 2.89. The molecule has 2 aromatic heterocycles. The Morgan fingerprint density at radius 1 is 1.12 bits per heavy atom. The number of fused-ring (bicyclic) bond motifs is 1. The first-order chi connectivity index (χ1) is 16.6. The highest BCUT2D eigenvalue weighted by atomic mass is 16.1. The molecule has 1 amide bonds. The fraction of sp³-hybridized carbons (Fsp3) is 0.462. The fourth-order valence-corrected chi connectivity index (χ4v) is 5.32. The maximum atomic E-state index is 12.5. The van der Waals surface area contributed by atoms with Crippen LogP contribution in [0.1, 0.15) is 47.9 Å². The van der Waals surface area contributed by atoms with Crippen molar-refractivity contribution in [3.05, 3.63) is 64.5 Å². The van der Waals surface area contributed by atoms with E-state index in [1.165, 1.54) is 0 Å². The number of aromatic amines is 1. The molecule has 8 nitrogen and oxygen atoms in total. The van der Waals surface area contributed by atoms with Gasteiger partial charge in [0.25, 0.3) is 11.5 Å². The number of anilines is 1. The van der Waals surface area contributed by atoms with Gasteiger partial charge in [-0.05, 0) is 62.4 Å². The summed E-state index contributed by atoms with van der Waals surface area (Å²) in [6.07, 6.45) is 6.28. The Morgan fingerprint density at radius 2 is 1.94 bits per heavy atom. The third-order valence-corrected chi connectivity index (χ3v) is 7.23. The Bertz CT molecular complexity index is 1200. The summed E-state index contributed by atoms with van der Waals surface area (Å²) in [5.41, 5.74) is 2.27. The van der Waals surface area contributed by atoms with Crippen LogP contribution in [0, 0.1) is 5.92 Å². The Morgan fingerprint density at radius 3 is 2.71 bits per heavy atom. The zero-order chi connectivity index (χ0) is 23.5. The van der Waals surface area contributed by atoms with Crippen LogP contribution in [0.25, 0.3) is 10.9 Å². The van der Waals surface area contributed by atoms with E-state index in [9.17, 15) is 9.59 Å². The number of rotatable bonds is 5. The number of para-hydroxylation sites is 1. The molecular weight excluding hydrogens is 428 g/mol. The van der Waals surface area contributed by atoms with Crippen LogP contribution >= 0.6 is 0 Å². The molecule has 2 aliphatic rings. The minimum Gasteiger partial charge on any atom is -0.370 e. The van der Waals surface area contributed by atoms with Crippen molar-refractivity contribution in [2.24, 2.45) is 5.92 Å². The number of nitrogens with zero attached hydrogens (tertiary/aromatic N) is 4. The SMILES string of the molecule is CNC(=O)c1ccc(N2CCC(CN3CCCC(c4nc5ccccc5c(=O)[nH]4)C3)CC2)cn1. The number of piperidine rings is 2. The largest absolute Gasteiger partial charge is 0.370 e. The second-order valence-electron chi connectivity index (χ2n) is 9.48. The van der Waals surface area contributed by atoms with Crippen molar-refractivity contribution in [1.82, 2.24) is 25.2 Å². The van der Waals surface area contributed by atoms with Crippen molar-refractivity contribution in [3.63, 3.8) is 0 Å². The van der Waals surface area contributed by atoms with E-state index in [0.29, 0.717) is 17.0 Å². The first-order valence-electron chi connectivity index (χ1n) is 12.2. The molecule has 3 aromatic rings. The number of nitrogens with one attached hydrogen (secondary N) is 2. The molecule has 0 bridgehead atoms. The molecule has 5 rings (SSSR count). The first-order valence-corrected chi connectivity index (χ1v) is 12.2. The molecule has 2 fully saturated rings. The van der Waals surface area contributed by atoms with Crippen LogP contribution in [0.15, 0.2) is 47.4 Å². The van der Waals surface area contributed by atoms with Gasteiger partial charge in [-0.2, -0.15) is 0 Å². The summed E-state index contributed by atoms with van der Waals surface area (Å²) in [5, 5.41) is 3.26. The summed E-state index contributed by atoms with van der Waals surface area (Å²) in [4.78, 5) is 41.3. The second-order valence-corrected chi connectivity index (χ2v) is 9.48. The van der Waals surface area contributed by atoms with Gasteiger partial charge in [0.05, 0.1) is 22.8 Å². The first kappa shape index (κ1) is 22.5. The Hall–Kier alpha value is -3.26. The van der Waals surface area contributed by atoms with Crippen molar-refractivity contribution >= 4 is 22.5 Å². The van der Waals surface area contributed by atoms with Crippen LogP contribution < -0.4 is 15.8 Å². The molecule has 0 aliphatic carbocycles. The van der Waals surface area contributed by atoms with Gasteiger partial charge >= 0.3 is 0 Å². The highest BCUT2D eigenvalue weighted by molar-refractivity contribution is 5.92. The number of H-pyrrole nitrogens is 1. The maximum Gasteiger partial charge on any atom is 0.269 e. The number of pyridine rings is 1. The summed E-state index contributed by atoms with van der Waals surface area (Å²) in [6, 6.07) is 11.3. The van der Waals surface area contributed by atoms with Crippen molar-refractivity contribution in [2.75, 3.05) is 44.7 Å². The molecule has 1 unspecified atom stereocenters. The highest BCUT2D eigenvalue weighted by Gasteiger charge is 2.27. The van der Waals surface area contributed by atoms with Crippen LogP contribution in [-0.4, -0.2) is 65.5 Å². The smallest absolute Gasteiger partial charge is 0.269 e. The Labute approximate surface area is 199 Å². The van der Waals surface area contributed by atoms with Gasteiger partial charge < -0.3 is 20.1 Å². The maximum absolute atomic E-state index is 12.5. The normalized spacial score (nSPS) is 19.9. The molecule has 2 saturated heterocycles. The topological polar surface area (TPSA) is 94.2 Å². The monoisotopic (exact) mass is 460 g/mol. The Balaban J connectivity index is 1.17. The third-order valence-electron chi connectivity index (χ3n) is 7.23. The number of carbonyl (C=O) groups is 1. The van der Waals surface area contributed by atoms with Gasteiger partial charge in [-0.25, -0.2) is 9.97 Å². The van der Waals surface area contributed by atoms with E-state index in [1.807, 2.05) is 30.3 Å². The molecule has 1 atom stereocenters. The predicted molar refractivity (Wildman–Crippen MR) is 133 cm³/mol. The van der Waals surface area contributed by atoms with Crippen molar-refractivity contribution in [3.8, 4) is 0 Å².